The van der Waals surface area contributed by atoms with Crippen molar-refractivity contribution in [3.63, 3.8) is 0 Å². The molecule has 0 nitrogen and oxygen atoms in total. The number of benzene rings is 1. The largest absolute Gasteiger partial charge is 0.143 e. The summed E-state index contributed by atoms with van der Waals surface area (Å²) in [5.41, 5.74) is 4.55. The van der Waals surface area contributed by atoms with E-state index in [9.17, 15) is 0 Å². The second-order valence-corrected chi connectivity index (χ2v) is 7.49. The fraction of sp³-hybridized carbons (Fsp3) is 0.222. The van der Waals surface area contributed by atoms with Crippen molar-refractivity contribution in [2.45, 2.75) is 25.2 Å². The second kappa shape index (κ2) is 4.31. The summed E-state index contributed by atoms with van der Waals surface area (Å²) in [6.45, 7) is 4.78. The van der Waals surface area contributed by atoms with Crippen LogP contribution in [0.4, 0.5) is 0 Å². The average Bonchev–Trinajstić information content (AvgIpc) is 3.17. The van der Waals surface area contributed by atoms with Gasteiger partial charge in [-0.2, -0.15) is 0 Å². The van der Waals surface area contributed by atoms with Gasteiger partial charge in [0.1, 0.15) is 0 Å². The van der Waals surface area contributed by atoms with Crippen LogP contribution in [-0.2, 0) is 5.41 Å². The van der Waals surface area contributed by atoms with Crippen molar-refractivity contribution in [3.05, 3.63) is 69.9 Å². The Kier molecular flexibility index (Phi) is 2.66. The molecule has 0 radical (unpaired) electrons. The third-order valence-corrected chi connectivity index (χ3v) is 6.81. The minimum atomic E-state index is 0.103. The van der Waals surface area contributed by atoms with E-state index in [0.717, 1.165) is 0 Å². The Morgan fingerprint density at radius 2 is 1.40 bits per heavy atom. The van der Waals surface area contributed by atoms with Crippen LogP contribution in [0.5, 0.6) is 0 Å². The maximum atomic E-state index is 2.41. The van der Waals surface area contributed by atoms with Crippen molar-refractivity contribution in [1.82, 2.24) is 0 Å². The lowest BCUT2D eigenvalue weighted by Crippen LogP contribution is -2.27. The Morgan fingerprint density at radius 3 is 1.95 bits per heavy atom. The molecule has 1 aromatic carbocycles. The first-order chi connectivity index (χ1) is 9.73. The Hall–Kier alpha value is -1.38. The van der Waals surface area contributed by atoms with Gasteiger partial charge in [-0.05, 0) is 45.5 Å². The molecule has 0 fully saturated rings. The number of rotatable bonds is 2. The molecule has 0 amide bonds. The highest BCUT2D eigenvalue weighted by molar-refractivity contribution is 7.21. The normalized spacial score (nSPS) is 16.7. The van der Waals surface area contributed by atoms with Gasteiger partial charge < -0.3 is 0 Å². The molecule has 1 aliphatic rings. The van der Waals surface area contributed by atoms with Crippen molar-refractivity contribution in [3.8, 4) is 9.75 Å². The Bertz CT molecular complexity index is 708. The molecule has 0 N–H and O–H groups in total. The Morgan fingerprint density at radius 1 is 0.850 bits per heavy atom. The van der Waals surface area contributed by atoms with Crippen molar-refractivity contribution in [1.29, 1.82) is 0 Å². The highest BCUT2D eigenvalue weighted by Crippen LogP contribution is 2.58. The minimum Gasteiger partial charge on any atom is -0.143 e. The van der Waals surface area contributed by atoms with Crippen LogP contribution in [0.25, 0.3) is 9.75 Å². The summed E-state index contributed by atoms with van der Waals surface area (Å²) in [7, 11) is 0. The van der Waals surface area contributed by atoms with Crippen LogP contribution in [0.3, 0.4) is 0 Å². The molecular weight excluding hydrogens is 280 g/mol. The second-order valence-electron chi connectivity index (χ2n) is 5.66. The molecule has 100 valence electrons. The SMILES string of the molecule is CC(c1ccccc1)C1(C)c2ccsc2-c2sccc21. The van der Waals surface area contributed by atoms with E-state index in [4.69, 9.17) is 0 Å². The highest BCUT2D eigenvalue weighted by Gasteiger charge is 2.45. The van der Waals surface area contributed by atoms with Crippen LogP contribution in [0.2, 0.25) is 0 Å². The van der Waals surface area contributed by atoms with Crippen molar-refractivity contribution < 1.29 is 0 Å². The first-order valence-electron chi connectivity index (χ1n) is 6.94. The van der Waals surface area contributed by atoms with Gasteiger partial charge in [-0.3, -0.25) is 0 Å². The molecule has 2 aromatic heterocycles. The molecule has 0 spiro atoms. The van der Waals surface area contributed by atoms with Crippen LogP contribution >= 0.6 is 22.7 Å². The predicted molar refractivity (Wildman–Crippen MR) is 88.9 cm³/mol. The monoisotopic (exact) mass is 296 g/mol. The molecule has 0 saturated heterocycles. The van der Waals surface area contributed by atoms with Crippen molar-refractivity contribution in [2.75, 3.05) is 0 Å². The van der Waals surface area contributed by atoms with E-state index in [2.05, 4.69) is 67.1 Å². The number of fused-ring (bicyclic) bond motifs is 3. The summed E-state index contributed by atoms with van der Waals surface area (Å²) in [4.78, 5) is 2.97. The third-order valence-electron chi connectivity index (χ3n) is 4.82. The van der Waals surface area contributed by atoms with Gasteiger partial charge in [0.15, 0.2) is 0 Å². The fourth-order valence-electron chi connectivity index (χ4n) is 3.47. The molecule has 2 heteroatoms. The number of hydrogen-bond donors (Lipinski definition) is 0. The molecule has 4 rings (SSSR count). The van der Waals surface area contributed by atoms with E-state index in [0.29, 0.717) is 5.92 Å². The minimum absolute atomic E-state index is 0.103. The van der Waals surface area contributed by atoms with E-state index >= 15 is 0 Å². The maximum Gasteiger partial charge on any atom is 0.0486 e. The fourth-order valence-corrected chi connectivity index (χ4v) is 5.69. The summed E-state index contributed by atoms with van der Waals surface area (Å²) in [5.74, 6) is 0.480. The summed E-state index contributed by atoms with van der Waals surface area (Å²) < 4.78 is 0. The molecule has 20 heavy (non-hydrogen) atoms. The van der Waals surface area contributed by atoms with Crippen LogP contribution in [0.15, 0.2) is 53.2 Å². The van der Waals surface area contributed by atoms with Crippen molar-refractivity contribution in [2.24, 2.45) is 0 Å². The zero-order valence-electron chi connectivity index (χ0n) is 11.6. The van der Waals surface area contributed by atoms with Gasteiger partial charge in [-0.25, -0.2) is 0 Å². The molecule has 1 atom stereocenters. The first-order valence-corrected chi connectivity index (χ1v) is 8.70. The Balaban J connectivity index is 1.93. The van der Waals surface area contributed by atoms with E-state index in [1.54, 1.807) is 0 Å². The van der Waals surface area contributed by atoms with E-state index in [1.165, 1.54) is 26.4 Å². The molecular formula is C18H16S2. The standard InChI is InChI=1S/C18H16S2/c1-12(13-6-4-3-5-7-13)18(2)14-8-10-19-16(14)17-15(18)9-11-20-17/h3-12H,1-2H3. The molecule has 0 saturated carbocycles. The molecule has 0 aliphatic heterocycles. The van der Waals surface area contributed by atoms with Crippen LogP contribution in [0.1, 0.15) is 36.5 Å². The lowest BCUT2D eigenvalue weighted by atomic mass is 9.69. The molecule has 1 aliphatic carbocycles. The highest BCUT2D eigenvalue weighted by atomic mass is 32.1. The van der Waals surface area contributed by atoms with E-state index in [1.807, 2.05) is 22.7 Å². The van der Waals surface area contributed by atoms with Gasteiger partial charge in [0.2, 0.25) is 0 Å². The number of thiophene rings is 2. The predicted octanol–water partition coefficient (Wildman–Crippen LogP) is 5.90. The molecule has 1 unspecified atom stereocenters. The topological polar surface area (TPSA) is 0 Å². The molecule has 0 bridgehead atoms. The lowest BCUT2D eigenvalue weighted by Gasteiger charge is -2.33. The average molecular weight is 296 g/mol. The maximum absolute atomic E-state index is 2.41. The summed E-state index contributed by atoms with van der Waals surface area (Å²) in [6.07, 6.45) is 0. The quantitative estimate of drug-likeness (QED) is 0.552. The zero-order valence-corrected chi connectivity index (χ0v) is 13.2. The van der Waals surface area contributed by atoms with Crippen LogP contribution < -0.4 is 0 Å². The van der Waals surface area contributed by atoms with E-state index < -0.39 is 0 Å². The summed E-state index contributed by atoms with van der Waals surface area (Å²) in [6, 6.07) is 15.6. The van der Waals surface area contributed by atoms with Crippen molar-refractivity contribution >= 4 is 22.7 Å². The van der Waals surface area contributed by atoms with Gasteiger partial charge >= 0.3 is 0 Å². The van der Waals surface area contributed by atoms with Gasteiger partial charge in [0.25, 0.3) is 0 Å². The summed E-state index contributed by atoms with van der Waals surface area (Å²) >= 11 is 3.77. The van der Waals surface area contributed by atoms with Gasteiger partial charge in [-0.1, -0.05) is 44.2 Å². The van der Waals surface area contributed by atoms with Crippen LogP contribution in [0, 0.1) is 0 Å². The zero-order chi connectivity index (χ0) is 13.7. The van der Waals surface area contributed by atoms with Gasteiger partial charge in [0, 0.05) is 15.2 Å². The molecule has 3 aromatic rings. The number of hydrogen-bond acceptors (Lipinski definition) is 2. The van der Waals surface area contributed by atoms with Gasteiger partial charge in [0.05, 0.1) is 0 Å². The molecule has 2 heterocycles. The third kappa shape index (κ3) is 1.46. The smallest absolute Gasteiger partial charge is 0.0486 e. The van der Waals surface area contributed by atoms with Crippen LogP contribution in [-0.4, -0.2) is 0 Å². The lowest BCUT2D eigenvalue weighted by molar-refractivity contribution is 0.486. The van der Waals surface area contributed by atoms with Gasteiger partial charge in [-0.15, -0.1) is 22.7 Å². The summed E-state index contributed by atoms with van der Waals surface area (Å²) in [5, 5.41) is 4.48. The first kappa shape index (κ1) is 12.4. The Labute approximate surface area is 127 Å². The van der Waals surface area contributed by atoms with E-state index in [-0.39, 0.29) is 5.41 Å².